The minimum atomic E-state index is -0.0870. The second-order valence-electron chi connectivity index (χ2n) is 8.18. The van der Waals surface area contributed by atoms with Crippen LogP contribution in [0.2, 0.25) is 0 Å². The first-order valence-electron chi connectivity index (χ1n) is 11.4. The van der Waals surface area contributed by atoms with Crippen molar-refractivity contribution in [2.45, 2.75) is 51.7 Å². The molecule has 0 aliphatic carbocycles. The fourth-order valence-electron chi connectivity index (χ4n) is 3.81. The molecule has 3 rings (SSSR count). The molecule has 0 unspecified atom stereocenters. The van der Waals surface area contributed by atoms with E-state index >= 15 is 0 Å². The first-order chi connectivity index (χ1) is 15.6. The summed E-state index contributed by atoms with van der Waals surface area (Å²) in [5, 5.41) is 0. The summed E-state index contributed by atoms with van der Waals surface area (Å²) in [4.78, 5) is 29.8. The zero-order valence-corrected chi connectivity index (χ0v) is 19.1. The monoisotopic (exact) mass is 442 g/mol. The maximum absolute atomic E-state index is 13.3. The molecule has 1 aromatic carbocycles. The van der Waals surface area contributed by atoms with Gasteiger partial charge in [0.25, 0.3) is 0 Å². The van der Waals surface area contributed by atoms with E-state index in [-0.39, 0.29) is 30.9 Å². The largest absolute Gasteiger partial charge is 0.497 e. The van der Waals surface area contributed by atoms with Gasteiger partial charge < -0.3 is 23.7 Å². The minimum Gasteiger partial charge on any atom is -0.497 e. The third kappa shape index (κ3) is 7.12. The van der Waals surface area contributed by atoms with Gasteiger partial charge in [0.15, 0.2) is 0 Å². The summed E-state index contributed by atoms with van der Waals surface area (Å²) in [5.74, 6) is 1.34. The van der Waals surface area contributed by atoms with E-state index in [2.05, 4.69) is 6.92 Å². The molecule has 174 valence electrons. The lowest BCUT2D eigenvalue weighted by molar-refractivity contribution is -0.141. The van der Waals surface area contributed by atoms with Crippen molar-refractivity contribution in [2.24, 2.45) is 0 Å². The molecule has 2 aromatic rings. The fraction of sp³-hybridized carbons (Fsp3) is 0.520. The molecule has 1 aliphatic rings. The number of ether oxygens (including phenoxy) is 2. The van der Waals surface area contributed by atoms with Crippen molar-refractivity contribution in [1.29, 1.82) is 0 Å². The summed E-state index contributed by atoms with van der Waals surface area (Å²) >= 11 is 0. The molecule has 0 bridgehead atoms. The van der Waals surface area contributed by atoms with Crippen molar-refractivity contribution in [3.63, 3.8) is 0 Å². The van der Waals surface area contributed by atoms with Crippen LogP contribution in [-0.2, 0) is 27.3 Å². The fourth-order valence-corrected chi connectivity index (χ4v) is 3.81. The van der Waals surface area contributed by atoms with Gasteiger partial charge in [-0.25, -0.2) is 0 Å². The maximum Gasteiger partial charge on any atom is 0.242 e. The first kappa shape index (κ1) is 23.9. The molecule has 0 spiro atoms. The number of carbonyl (C=O) groups is 2. The summed E-state index contributed by atoms with van der Waals surface area (Å²) in [6.45, 7) is 4.31. The van der Waals surface area contributed by atoms with Crippen LogP contribution in [0.3, 0.4) is 0 Å². The topological polar surface area (TPSA) is 72.2 Å². The smallest absolute Gasteiger partial charge is 0.242 e. The summed E-state index contributed by atoms with van der Waals surface area (Å²) in [7, 11) is 1.61. The van der Waals surface area contributed by atoms with E-state index in [4.69, 9.17) is 13.9 Å². The Morgan fingerprint density at radius 1 is 1.12 bits per heavy atom. The predicted molar refractivity (Wildman–Crippen MR) is 121 cm³/mol. The van der Waals surface area contributed by atoms with Crippen LogP contribution >= 0.6 is 0 Å². The molecule has 1 saturated heterocycles. The second kappa shape index (κ2) is 12.3. The van der Waals surface area contributed by atoms with E-state index in [0.29, 0.717) is 19.6 Å². The Hall–Kier alpha value is -2.80. The van der Waals surface area contributed by atoms with E-state index in [9.17, 15) is 9.59 Å². The highest BCUT2D eigenvalue weighted by Crippen LogP contribution is 2.17. The number of carbonyl (C=O) groups excluding carboxylic acids is 2. The Morgan fingerprint density at radius 2 is 1.94 bits per heavy atom. The number of amides is 2. The highest BCUT2D eigenvalue weighted by atomic mass is 16.5. The number of rotatable bonds is 12. The standard InChI is InChI=1S/C25H34N2O5/c1-3-4-13-26(24(28)16-20-9-11-21(30-2)12-10-20)19-25(29)27(17-22-7-5-14-31-22)18-23-8-6-15-32-23/h5,7,9-12,14,23H,3-4,6,8,13,15-19H2,1-2H3/t23-/m0/s1. The van der Waals surface area contributed by atoms with Gasteiger partial charge in [-0.1, -0.05) is 25.5 Å². The van der Waals surface area contributed by atoms with Crippen LogP contribution in [0.25, 0.3) is 0 Å². The molecule has 32 heavy (non-hydrogen) atoms. The van der Waals surface area contributed by atoms with E-state index < -0.39 is 0 Å². The van der Waals surface area contributed by atoms with Crippen LogP contribution in [0, 0.1) is 0 Å². The number of furan rings is 1. The average Bonchev–Trinajstić information content (AvgIpc) is 3.51. The van der Waals surface area contributed by atoms with Crippen molar-refractivity contribution in [2.75, 3.05) is 33.4 Å². The molecule has 0 radical (unpaired) electrons. The third-order valence-electron chi connectivity index (χ3n) is 5.70. The summed E-state index contributed by atoms with van der Waals surface area (Å²) in [6, 6.07) is 11.1. The zero-order chi connectivity index (χ0) is 22.8. The van der Waals surface area contributed by atoms with E-state index in [1.54, 1.807) is 23.2 Å². The quantitative estimate of drug-likeness (QED) is 0.502. The number of unbranched alkanes of at least 4 members (excludes halogenated alkanes) is 1. The molecule has 2 heterocycles. The molecule has 0 saturated carbocycles. The van der Waals surface area contributed by atoms with Gasteiger partial charge in [-0.3, -0.25) is 9.59 Å². The Bertz CT molecular complexity index is 829. The number of hydrogen-bond donors (Lipinski definition) is 0. The van der Waals surface area contributed by atoms with Crippen molar-refractivity contribution < 1.29 is 23.5 Å². The Morgan fingerprint density at radius 3 is 2.56 bits per heavy atom. The van der Waals surface area contributed by atoms with Gasteiger partial charge >= 0.3 is 0 Å². The predicted octanol–water partition coefficient (Wildman–Crippen LogP) is 3.67. The lowest BCUT2D eigenvalue weighted by Crippen LogP contribution is -2.45. The van der Waals surface area contributed by atoms with Gasteiger partial charge in [-0.05, 0) is 49.1 Å². The summed E-state index contributed by atoms with van der Waals surface area (Å²) in [5.41, 5.74) is 0.900. The summed E-state index contributed by atoms with van der Waals surface area (Å²) < 4.78 is 16.4. The minimum absolute atomic E-state index is 0.0352. The molecule has 2 amide bonds. The number of nitrogens with zero attached hydrogens (tertiary/aromatic N) is 2. The van der Waals surface area contributed by atoms with Gasteiger partial charge in [0, 0.05) is 19.7 Å². The molecule has 7 heteroatoms. The number of hydrogen-bond acceptors (Lipinski definition) is 5. The van der Waals surface area contributed by atoms with Crippen molar-refractivity contribution in [3.05, 3.63) is 54.0 Å². The highest BCUT2D eigenvalue weighted by Gasteiger charge is 2.26. The zero-order valence-electron chi connectivity index (χ0n) is 19.1. The van der Waals surface area contributed by atoms with E-state index in [0.717, 1.165) is 49.4 Å². The lowest BCUT2D eigenvalue weighted by Gasteiger charge is -2.29. The maximum atomic E-state index is 13.3. The van der Waals surface area contributed by atoms with Crippen LogP contribution in [0.5, 0.6) is 5.75 Å². The molecule has 1 atom stereocenters. The van der Waals surface area contributed by atoms with Gasteiger partial charge in [0.1, 0.15) is 11.5 Å². The van der Waals surface area contributed by atoms with Crippen LogP contribution in [-0.4, -0.2) is 61.1 Å². The molecule has 1 fully saturated rings. The van der Waals surface area contributed by atoms with Crippen LogP contribution in [0.1, 0.15) is 43.9 Å². The molecular weight excluding hydrogens is 408 g/mol. The third-order valence-corrected chi connectivity index (χ3v) is 5.70. The molecule has 1 aromatic heterocycles. The van der Waals surface area contributed by atoms with E-state index in [1.807, 2.05) is 36.4 Å². The van der Waals surface area contributed by atoms with E-state index in [1.165, 1.54) is 0 Å². The van der Waals surface area contributed by atoms with Crippen LogP contribution in [0.15, 0.2) is 47.1 Å². The Balaban J connectivity index is 1.66. The normalized spacial score (nSPS) is 15.5. The SMILES string of the molecule is CCCCN(CC(=O)N(Cc1ccco1)C[C@@H]1CCCO1)C(=O)Cc1ccc(OC)cc1. The van der Waals surface area contributed by atoms with Gasteiger partial charge in [0.05, 0.1) is 39.0 Å². The van der Waals surface area contributed by atoms with Crippen LogP contribution < -0.4 is 4.74 Å². The Labute approximate surface area is 190 Å². The van der Waals surface area contributed by atoms with Gasteiger partial charge in [-0.2, -0.15) is 0 Å². The molecule has 1 aliphatic heterocycles. The molecule has 7 nitrogen and oxygen atoms in total. The second-order valence-corrected chi connectivity index (χ2v) is 8.18. The molecule has 0 N–H and O–H groups in total. The number of methoxy groups -OCH3 is 1. The lowest BCUT2D eigenvalue weighted by atomic mass is 10.1. The number of benzene rings is 1. The first-order valence-corrected chi connectivity index (χ1v) is 11.4. The van der Waals surface area contributed by atoms with Crippen molar-refractivity contribution in [3.8, 4) is 5.75 Å². The van der Waals surface area contributed by atoms with Gasteiger partial charge in [0.2, 0.25) is 11.8 Å². The highest BCUT2D eigenvalue weighted by molar-refractivity contribution is 5.86. The Kier molecular flexibility index (Phi) is 9.16. The van der Waals surface area contributed by atoms with Crippen molar-refractivity contribution in [1.82, 2.24) is 9.80 Å². The average molecular weight is 443 g/mol. The van der Waals surface area contributed by atoms with Crippen LogP contribution in [0.4, 0.5) is 0 Å². The van der Waals surface area contributed by atoms with Crippen molar-refractivity contribution >= 4 is 11.8 Å². The summed E-state index contributed by atoms with van der Waals surface area (Å²) in [6.07, 6.45) is 5.65. The van der Waals surface area contributed by atoms with Gasteiger partial charge in [-0.15, -0.1) is 0 Å². The molecular formula is C25H34N2O5.